The molecule has 1 amide bonds. The van der Waals surface area contributed by atoms with E-state index in [9.17, 15) is 4.79 Å². The second-order valence-corrected chi connectivity index (χ2v) is 14.1. The maximum atomic E-state index is 13.1. The van der Waals surface area contributed by atoms with Crippen molar-refractivity contribution in [3.63, 3.8) is 0 Å². The summed E-state index contributed by atoms with van der Waals surface area (Å²) in [7, 11) is 1.72. The Balaban J connectivity index is 1.04. The van der Waals surface area contributed by atoms with Crippen LogP contribution in [-0.2, 0) is 35.1 Å². The fourth-order valence-corrected chi connectivity index (χ4v) is 6.61. The van der Waals surface area contributed by atoms with Gasteiger partial charge in [-0.2, -0.15) is 4.98 Å². The number of aromatic nitrogens is 2. The molecule has 1 saturated heterocycles. The molecule has 0 unspecified atom stereocenters. The standard InChI is InChI=1S/C38H47N5O4/c1-37(2)14-15-38(3,4)31-21-33(45-5)27(20-30(31)37)19-28-11-12-32(47-28)35(44)41-23-26-9-6-8-25(18-26)22-40-34-13-16-39-36(43-34)42-24-29-10-7-17-46-29/h6,8-9,11-13,16,18,20-21,29H,7,10,14-15,17,19,22-24H2,1-5H3,(H,41,44)(H2,39,40,42,43)/t29-/m1/s1. The highest BCUT2D eigenvalue weighted by Gasteiger charge is 2.38. The van der Waals surface area contributed by atoms with Gasteiger partial charge in [0.15, 0.2) is 5.76 Å². The third kappa shape index (κ3) is 7.79. The number of hydrogen-bond acceptors (Lipinski definition) is 8. The van der Waals surface area contributed by atoms with Crippen LogP contribution in [0.2, 0.25) is 0 Å². The van der Waals surface area contributed by atoms with Gasteiger partial charge in [-0.1, -0.05) is 58.0 Å². The summed E-state index contributed by atoms with van der Waals surface area (Å²) in [4.78, 5) is 21.9. The summed E-state index contributed by atoms with van der Waals surface area (Å²) in [5, 5.41) is 9.64. The summed E-state index contributed by atoms with van der Waals surface area (Å²) in [5.41, 5.74) is 6.06. The molecule has 0 spiro atoms. The molecule has 0 radical (unpaired) electrons. The van der Waals surface area contributed by atoms with Crippen LogP contribution < -0.4 is 20.7 Å². The average Bonchev–Trinajstić information content (AvgIpc) is 3.77. The lowest BCUT2D eigenvalue weighted by Crippen LogP contribution is -2.34. The molecule has 9 nitrogen and oxygen atoms in total. The first kappa shape index (κ1) is 32.6. The first-order valence-electron chi connectivity index (χ1n) is 16.7. The van der Waals surface area contributed by atoms with E-state index in [1.54, 1.807) is 19.4 Å². The highest BCUT2D eigenvalue weighted by molar-refractivity contribution is 5.91. The summed E-state index contributed by atoms with van der Waals surface area (Å²) in [6, 6.07) is 18.1. The normalized spacial score (nSPS) is 17.9. The van der Waals surface area contributed by atoms with Gasteiger partial charge in [0.25, 0.3) is 5.91 Å². The Morgan fingerprint density at radius 1 is 0.957 bits per heavy atom. The van der Waals surface area contributed by atoms with E-state index < -0.39 is 0 Å². The molecule has 3 N–H and O–H groups in total. The monoisotopic (exact) mass is 637 g/mol. The molecule has 1 aliphatic heterocycles. The predicted molar refractivity (Wildman–Crippen MR) is 184 cm³/mol. The number of nitrogens with zero attached hydrogens (tertiary/aromatic N) is 2. The van der Waals surface area contributed by atoms with Gasteiger partial charge in [-0.3, -0.25) is 4.79 Å². The van der Waals surface area contributed by atoms with Gasteiger partial charge < -0.3 is 29.8 Å². The van der Waals surface area contributed by atoms with Crippen molar-refractivity contribution >= 4 is 17.7 Å². The molecule has 1 atom stereocenters. The van der Waals surface area contributed by atoms with Crippen LogP contribution in [0.4, 0.5) is 11.8 Å². The molecule has 9 heteroatoms. The maximum absolute atomic E-state index is 13.1. The smallest absolute Gasteiger partial charge is 0.287 e. The number of rotatable bonds is 12. The zero-order valence-electron chi connectivity index (χ0n) is 28.2. The van der Waals surface area contributed by atoms with Crippen LogP contribution in [0.25, 0.3) is 0 Å². The van der Waals surface area contributed by atoms with Gasteiger partial charge in [0.2, 0.25) is 5.95 Å². The number of anilines is 2. The number of carbonyl (C=O) groups is 1. The van der Waals surface area contributed by atoms with E-state index >= 15 is 0 Å². The predicted octanol–water partition coefficient (Wildman–Crippen LogP) is 7.15. The lowest BCUT2D eigenvalue weighted by Gasteiger charge is -2.42. The number of hydrogen-bond donors (Lipinski definition) is 3. The number of amides is 1. The van der Waals surface area contributed by atoms with E-state index in [1.165, 1.54) is 11.1 Å². The second-order valence-electron chi connectivity index (χ2n) is 14.1. The molecule has 47 heavy (non-hydrogen) atoms. The Kier molecular flexibility index (Phi) is 9.55. The molecule has 2 aliphatic rings. The van der Waals surface area contributed by atoms with Crippen molar-refractivity contribution in [3.05, 3.63) is 100 Å². The molecule has 6 rings (SSSR count). The maximum Gasteiger partial charge on any atom is 0.287 e. The Hall–Kier alpha value is -4.37. The van der Waals surface area contributed by atoms with Crippen molar-refractivity contribution in [1.29, 1.82) is 0 Å². The molecule has 1 fully saturated rings. The highest BCUT2D eigenvalue weighted by Crippen LogP contribution is 2.48. The summed E-state index contributed by atoms with van der Waals surface area (Å²) >= 11 is 0. The minimum atomic E-state index is -0.246. The van der Waals surface area contributed by atoms with Gasteiger partial charge in [-0.05, 0) is 83.0 Å². The molecule has 1 aliphatic carbocycles. The van der Waals surface area contributed by atoms with Gasteiger partial charge in [0.1, 0.15) is 17.3 Å². The molecule has 3 heterocycles. The topological polar surface area (TPSA) is 111 Å². The molecular formula is C38H47N5O4. The lowest BCUT2D eigenvalue weighted by atomic mass is 9.63. The summed E-state index contributed by atoms with van der Waals surface area (Å²) in [6.07, 6.45) is 6.96. The number of carbonyl (C=O) groups excluding carboxylic acids is 1. The largest absolute Gasteiger partial charge is 0.496 e. The Morgan fingerprint density at radius 3 is 2.47 bits per heavy atom. The Labute approximate surface area is 277 Å². The minimum absolute atomic E-state index is 0.0920. The van der Waals surface area contributed by atoms with E-state index in [0.717, 1.165) is 66.3 Å². The van der Waals surface area contributed by atoms with Crippen LogP contribution in [0.3, 0.4) is 0 Å². The van der Waals surface area contributed by atoms with Crippen LogP contribution in [0.1, 0.15) is 97.5 Å². The SMILES string of the molecule is COc1cc2c(cc1Cc1ccc(C(=O)NCc3cccc(CNc4ccnc(NC[C@H]5CCCO5)n4)c3)o1)C(C)(C)CCC2(C)C. The van der Waals surface area contributed by atoms with E-state index in [0.29, 0.717) is 37.8 Å². The number of methoxy groups -OCH3 is 1. The van der Waals surface area contributed by atoms with Crippen molar-refractivity contribution in [2.75, 3.05) is 30.9 Å². The van der Waals surface area contributed by atoms with E-state index in [2.05, 4.69) is 71.8 Å². The molecule has 2 aromatic heterocycles. The molecule has 248 valence electrons. The number of ether oxygens (including phenoxy) is 2. The summed E-state index contributed by atoms with van der Waals surface area (Å²) in [6.45, 7) is 11.8. The van der Waals surface area contributed by atoms with E-state index in [-0.39, 0.29) is 22.8 Å². The number of fused-ring (bicyclic) bond motifs is 1. The molecule has 2 aromatic carbocycles. The summed E-state index contributed by atoms with van der Waals surface area (Å²) in [5.74, 6) is 2.95. The van der Waals surface area contributed by atoms with Crippen LogP contribution in [-0.4, -0.2) is 42.2 Å². The van der Waals surface area contributed by atoms with Crippen molar-refractivity contribution < 1.29 is 18.7 Å². The molecule has 0 bridgehead atoms. The number of nitrogens with one attached hydrogen (secondary N) is 3. The fraction of sp³-hybridized carbons (Fsp3) is 0.447. The lowest BCUT2D eigenvalue weighted by molar-refractivity contribution is 0.0921. The first-order valence-corrected chi connectivity index (χ1v) is 16.7. The Morgan fingerprint density at radius 2 is 1.72 bits per heavy atom. The van der Waals surface area contributed by atoms with Crippen LogP contribution >= 0.6 is 0 Å². The second kappa shape index (κ2) is 13.8. The Bertz CT molecular complexity index is 1710. The first-order chi connectivity index (χ1) is 22.6. The van der Waals surface area contributed by atoms with Crippen LogP contribution in [0.5, 0.6) is 5.75 Å². The zero-order chi connectivity index (χ0) is 33.0. The van der Waals surface area contributed by atoms with Crippen LogP contribution in [0, 0.1) is 0 Å². The number of benzene rings is 2. The van der Waals surface area contributed by atoms with E-state index in [1.807, 2.05) is 30.3 Å². The van der Waals surface area contributed by atoms with Gasteiger partial charge in [0.05, 0.1) is 13.2 Å². The third-order valence-corrected chi connectivity index (χ3v) is 9.59. The average molecular weight is 638 g/mol. The molecule has 0 saturated carbocycles. The molecular weight excluding hydrogens is 590 g/mol. The van der Waals surface area contributed by atoms with Gasteiger partial charge in [-0.25, -0.2) is 4.98 Å². The van der Waals surface area contributed by atoms with Crippen molar-refractivity contribution in [2.24, 2.45) is 0 Å². The fourth-order valence-electron chi connectivity index (χ4n) is 6.61. The minimum Gasteiger partial charge on any atom is -0.496 e. The number of furan rings is 1. The van der Waals surface area contributed by atoms with Gasteiger partial charge >= 0.3 is 0 Å². The van der Waals surface area contributed by atoms with E-state index in [4.69, 9.17) is 13.9 Å². The molecule has 4 aromatic rings. The quantitative estimate of drug-likeness (QED) is 0.150. The van der Waals surface area contributed by atoms with Crippen molar-refractivity contribution in [2.45, 2.75) is 89.8 Å². The highest BCUT2D eigenvalue weighted by atomic mass is 16.5. The van der Waals surface area contributed by atoms with Crippen molar-refractivity contribution in [1.82, 2.24) is 15.3 Å². The van der Waals surface area contributed by atoms with Gasteiger partial charge in [-0.15, -0.1) is 0 Å². The van der Waals surface area contributed by atoms with Gasteiger partial charge in [0, 0.05) is 44.4 Å². The van der Waals surface area contributed by atoms with Crippen molar-refractivity contribution in [3.8, 4) is 5.75 Å². The summed E-state index contributed by atoms with van der Waals surface area (Å²) < 4.78 is 17.5. The zero-order valence-corrected chi connectivity index (χ0v) is 28.2. The third-order valence-electron chi connectivity index (χ3n) is 9.59. The van der Waals surface area contributed by atoms with Crippen LogP contribution in [0.15, 0.2) is 65.2 Å².